The molecule has 118 valence electrons. The van der Waals surface area contributed by atoms with Crippen LogP contribution in [0, 0.1) is 0 Å². The predicted octanol–water partition coefficient (Wildman–Crippen LogP) is 4.09. The summed E-state index contributed by atoms with van der Waals surface area (Å²) in [7, 11) is 1.32. The van der Waals surface area contributed by atoms with Crippen molar-refractivity contribution in [3.63, 3.8) is 0 Å². The topological polar surface area (TPSA) is 20.3 Å². The molecule has 1 amide bonds. The highest BCUT2D eigenvalue weighted by Crippen LogP contribution is 2.36. The van der Waals surface area contributed by atoms with E-state index in [1.807, 2.05) is 0 Å². The fourth-order valence-corrected chi connectivity index (χ4v) is 1.74. The Morgan fingerprint density at radius 1 is 1.00 bits per heavy atom. The van der Waals surface area contributed by atoms with Crippen molar-refractivity contribution in [3.8, 4) is 0 Å². The average molecular weight is 313 g/mol. The maximum absolute atomic E-state index is 12.7. The van der Waals surface area contributed by atoms with E-state index in [9.17, 15) is 31.1 Å². The van der Waals surface area contributed by atoms with Crippen molar-refractivity contribution in [2.24, 2.45) is 0 Å². The Balaban J connectivity index is 3.23. The van der Waals surface area contributed by atoms with E-state index in [1.54, 1.807) is 6.92 Å². The number of carbonyl (C=O) groups excluding carboxylic acids is 1. The van der Waals surface area contributed by atoms with Crippen molar-refractivity contribution in [2.45, 2.75) is 32.2 Å². The summed E-state index contributed by atoms with van der Waals surface area (Å²) in [6.45, 7) is 1.23. The SMILES string of the molecule is CCC(=O)N(C)Cc1cc(C(F)(F)F)cc(C(F)(F)F)c1. The second kappa shape index (κ2) is 5.95. The number of hydrogen-bond donors (Lipinski definition) is 0. The van der Waals surface area contributed by atoms with E-state index < -0.39 is 23.5 Å². The Labute approximate surface area is 117 Å². The second-order valence-corrected chi connectivity index (χ2v) is 4.52. The molecule has 1 aromatic rings. The number of hydrogen-bond acceptors (Lipinski definition) is 1. The van der Waals surface area contributed by atoms with E-state index in [0.717, 1.165) is 4.90 Å². The van der Waals surface area contributed by atoms with Crippen LogP contribution in [0.25, 0.3) is 0 Å². The van der Waals surface area contributed by atoms with Crippen LogP contribution in [-0.2, 0) is 23.7 Å². The van der Waals surface area contributed by atoms with Crippen molar-refractivity contribution < 1.29 is 31.1 Å². The molecule has 1 aromatic carbocycles. The molecular formula is C13H13F6NO. The minimum absolute atomic E-state index is 0.0607. The maximum atomic E-state index is 12.7. The molecule has 0 aliphatic rings. The van der Waals surface area contributed by atoms with Gasteiger partial charge in [0.2, 0.25) is 5.91 Å². The smallest absolute Gasteiger partial charge is 0.341 e. The van der Waals surface area contributed by atoms with E-state index in [0.29, 0.717) is 12.1 Å². The fourth-order valence-electron chi connectivity index (χ4n) is 1.74. The predicted molar refractivity (Wildman–Crippen MR) is 63.2 cm³/mol. The summed E-state index contributed by atoms with van der Waals surface area (Å²) in [5.41, 5.74) is -2.99. The van der Waals surface area contributed by atoms with Crippen LogP contribution >= 0.6 is 0 Å². The molecule has 0 aliphatic carbocycles. The molecule has 0 bridgehead atoms. The van der Waals surface area contributed by atoms with Gasteiger partial charge in [0.25, 0.3) is 0 Å². The van der Waals surface area contributed by atoms with Gasteiger partial charge in [-0.2, -0.15) is 26.3 Å². The van der Waals surface area contributed by atoms with Gasteiger partial charge in [0.1, 0.15) is 0 Å². The lowest BCUT2D eigenvalue weighted by atomic mass is 10.0. The third-order valence-electron chi connectivity index (χ3n) is 2.80. The van der Waals surface area contributed by atoms with Crippen LogP contribution in [0.3, 0.4) is 0 Å². The van der Waals surface area contributed by atoms with E-state index in [1.165, 1.54) is 7.05 Å². The van der Waals surface area contributed by atoms with Gasteiger partial charge in [-0.05, 0) is 23.8 Å². The molecule has 21 heavy (non-hydrogen) atoms. The summed E-state index contributed by atoms with van der Waals surface area (Å²) in [4.78, 5) is 12.4. The number of alkyl halides is 6. The minimum atomic E-state index is -4.89. The molecule has 0 spiro atoms. The van der Waals surface area contributed by atoms with Gasteiger partial charge in [-0.25, -0.2) is 0 Å². The Morgan fingerprint density at radius 3 is 1.76 bits per heavy atom. The lowest BCUT2D eigenvalue weighted by Gasteiger charge is -2.19. The summed E-state index contributed by atoms with van der Waals surface area (Å²) in [5.74, 6) is -0.374. The van der Waals surface area contributed by atoms with Crippen LogP contribution in [0.15, 0.2) is 18.2 Å². The first kappa shape index (κ1) is 17.3. The van der Waals surface area contributed by atoms with Gasteiger partial charge in [0, 0.05) is 20.0 Å². The summed E-state index contributed by atoms with van der Waals surface area (Å²) < 4.78 is 75.9. The molecule has 0 heterocycles. The quantitative estimate of drug-likeness (QED) is 0.770. The van der Waals surface area contributed by atoms with Crippen molar-refractivity contribution in [1.29, 1.82) is 0 Å². The molecule has 1 rings (SSSR count). The lowest BCUT2D eigenvalue weighted by Crippen LogP contribution is -2.25. The van der Waals surface area contributed by atoms with Crippen LogP contribution < -0.4 is 0 Å². The van der Waals surface area contributed by atoms with E-state index in [-0.39, 0.29) is 30.5 Å². The first-order valence-electron chi connectivity index (χ1n) is 5.97. The van der Waals surface area contributed by atoms with Crippen LogP contribution in [0.2, 0.25) is 0 Å². The molecule has 0 radical (unpaired) electrons. The number of nitrogens with zero attached hydrogens (tertiary/aromatic N) is 1. The highest BCUT2D eigenvalue weighted by molar-refractivity contribution is 5.75. The average Bonchev–Trinajstić information content (AvgIpc) is 2.35. The minimum Gasteiger partial charge on any atom is -0.341 e. The van der Waals surface area contributed by atoms with Gasteiger partial charge in [-0.15, -0.1) is 0 Å². The normalized spacial score (nSPS) is 12.4. The monoisotopic (exact) mass is 313 g/mol. The highest BCUT2D eigenvalue weighted by Gasteiger charge is 2.36. The van der Waals surface area contributed by atoms with Gasteiger partial charge in [-0.1, -0.05) is 6.92 Å². The zero-order valence-corrected chi connectivity index (χ0v) is 11.3. The Hall–Kier alpha value is -1.73. The Kier molecular flexibility index (Phi) is 4.91. The van der Waals surface area contributed by atoms with Crippen molar-refractivity contribution >= 4 is 5.91 Å². The summed E-state index contributed by atoms with van der Waals surface area (Å²) in [6, 6.07) is 1.30. The van der Waals surface area contributed by atoms with Crippen LogP contribution in [-0.4, -0.2) is 17.9 Å². The molecule has 0 saturated heterocycles. The molecule has 0 saturated carbocycles. The van der Waals surface area contributed by atoms with Crippen molar-refractivity contribution in [2.75, 3.05) is 7.05 Å². The van der Waals surface area contributed by atoms with Crippen LogP contribution in [0.4, 0.5) is 26.3 Å². The second-order valence-electron chi connectivity index (χ2n) is 4.52. The van der Waals surface area contributed by atoms with Crippen molar-refractivity contribution in [1.82, 2.24) is 4.90 Å². The first-order valence-corrected chi connectivity index (χ1v) is 5.97. The molecule has 0 aromatic heterocycles. The Morgan fingerprint density at radius 2 is 1.43 bits per heavy atom. The number of benzene rings is 1. The molecule has 0 N–H and O–H groups in total. The first-order chi connectivity index (χ1) is 9.45. The maximum Gasteiger partial charge on any atom is 0.416 e. The zero-order chi connectivity index (χ0) is 16.4. The number of amides is 1. The fraction of sp³-hybridized carbons (Fsp3) is 0.462. The van der Waals surface area contributed by atoms with Gasteiger partial charge in [-0.3, -0.25) is 4.79 Å². The van der Waals surface area contributed by atoms with Gasteiger partial charge in [0.05, 0.1) is 11.1 Å². The number of halogens is 6. The van der Waals surface area contributed by atoms with E-state index in [4.69, 9.17) is 0 Å². The molecule has 2 nitrogen and oxygen atoms in total. The van der Waals surface area contributed by atoms with Gasteiger partial charge >= 0.3 is 12.4 Å². The third-order valence-corrected chi connectivity index (χ3v) is 2.80. The zero-order valence-electron chi connectivity index (χ0n) is 11.3. The molecule has 0 atom stereocenters. The Bertz CT molecular complexity index is 488. The standard InChI is InChI=1S/C13H13F6NO/c1-3-11(21)20(2)7-8-4-9(12(14,15)16)6-10(5-8)13(17,18)19/h4-6H,3,7H2,1-2H3. The van der Waals surface area contributed by atoms with E-state index in [2.05, 4.69) is 0 Å². The lowest BCUT2D eigenvalue weighted by molar-refractivity contribution is -0.143. The molecular weight excluding hydrogens is 300 g/mol. The number of rotatable bonds is 3. The van der Waals surface area contributed by atoms with Crippen LogP contribution in [0.5, 0.6) is 0 Å². The molecule has 8 heteroatoms. The molecule has 0 fully saturated rings. The molecule has 0 aliphatic heterocycles. The summed E-state index contributed by atoms with van der Waals surface area (Å²) in [6.07, 6.45) is -9.66. The summed E-state index contributed by atoms with van der Waals surface area (Å²) >= 11 is 0. The summed E-state index contributed by atoms with van der Waals surface area (Å²) in [5, 5.41) is 0. The number of carbonyl (C=O) groups is 1. The molecule has 0 unspecified atom stereocenters. The third kappa shape index (κ3) is 4.64. The van der Waals surface area contributed by atoms with E-state index >= 15 is 0 Å². The van der Waals surface area contributed by atoms with Gasteiger partial charge in [0.15, 0.2) is 0 Å². The highest BCUT2D eigenvalue weighted by atomic mass is 19.4. The van der Waals surface area contributed by atoms with Crippen LogP contribution in [0.1, 0.15) is 30.0 Å². The largest absolute Gasteiger partial charge is 0.416 e. The van der Waals surface area contributed by atoms with Gasteiger partial charge < -0.3 is 4.90 Å². The van der Waals surface area contributed by atoms with Crippen molar-refractivity contribution in [3.05, 3.63) is 34.9 Å².